The van der Waals surface area contributed by atoms with Crippen molar-refractivity contribution in [3.05, 3.63) is 23.9 Å². The standard InChI is InChI=1S/C17H29N3O/c1-2-10-18-13-15-8-9-17(19-14-15)20(11-12-21)16-6-4-3-5-7-16/h8-9,14,16,18,21H,2-7,10-13H2,1H3. The number of anilines is 1. The summed E-state index contributed by atoms with van der Waals surface area (Å²) in [6.45, 7) is 4.97. The van der Waals surface area contributed by atoms with Crippen LogP contribution in [0.3, 0.4) is 0 Å². The second-order valence-electron chi connectivity index (χ2n) is 5.91. The lowest BCUT2D eigenvalue weighted by Crippen LogP contribution is -2.39. The second-order valence-corrected chi connectivity index (χ2v) is 5.91. The number of aliphatic hydroxyl groups is 1. The predicted molar refractivity (Wildman–Crippen MR) is 87.5 cm³/mol. The molecule has 118 valence electrons. The molecule has 0 unspecified atom stereocenters. The van der Waals surface area contributed by atoms with Crippen LogP contribution in [0.1, 0.15) is 51.0 Å². The van der Waals surface area contributed by atoms with Gasteiger partial charge in [-0.05, 0) is 37.4 Å². The Hall–Kier alpha value is -1.13. The molecule has 0 radical (unpaired) electrons. The Kier molecular flexibility index (Phi) is 6.96. The maximum atomic E-state index is 9.35. The Morgan fingerprint density at radius 3 is 2.71 bits per heavy atom. The fourth-order valence-corrected chi connectivity index (χ4v) is 3.09. The minimum Gasteiger partial charge on any atom is -0.395 e. The number of hydrogen-bond acceptors (Lipinski definition) is 4. The molecule has 0 saturated heterocycles. The SMILES string of the molecule is CCCNCc1ccc(N(CCO)C2CCCCC2)nc1. The molecule has 4 nitrogen and oxygen atoms in total. The number of aliphatic hydroxyl groups excluding tert-OH is 1. The van der Waals surface area contributed by atoms with E-state index in [1.54, 1.807) is 0 Å². The van der Waals surface area contributed by atoms with Gasteiger partial charge in [-0.15, -0.1) is 0 Å². The van der Waals surface area contributed by atoms with Crippen LogP contribution in [0, 0.1) is 0 Å². The minimum absolute atomic E-state index is 0.192. The van der Waals surface area contributed by atoms with Crippen LogP contribution in [0.4, 0.5) is 5.82 Å². The van der Waals surface area contributed by atoms with Gasteiger partial charge in [0.2, 0.25) is 0 Å². The van der Waals surface area contributed by atoms with Crippen molar-refractivity contribution in [1.29, 1.82) is 0 Å². The van der Waals surface area contributed by atoms with Crippen LogP contribution in [0.5, 0.6) is 0 Å². The van der Waals surface area contributed by atoms with Crippen LogP contribution in [-0.2, 0) is 6.54 Å². The van der Waals surface area contributed by atoms with Crippen LogP contribution in [0.25, 0.3) is 0 Å². The summed E-state index contributed by atoms with van der Waals surface area (Å²) < 4.78 is 0. The van der Waals surface area contributed by atoms with E-state index in [4.69, 9.17) is 0 Å². The summed E-state index contributed by atoms with van der Waals surface area (Å²) in [6, 6.07) is 4.80. The molecule has 0 aromatic carbocycles. The number of aromatic nitrogens is 1. The van der Waals surface area contributed by atoms with E-state index in [-0.39, 0.29) is 6.61 Å². The van der Waals surface area contributed by atoms with Crippen molar-refractivity contribution in [2.24, 2.45) is 0 Å². The van der Waals surface area contributed by atoms with Gasteiger partial charge in [0.25, 0.3) is 0 Å². The molecule has 1 saturated carbocycles. The minimum atomic E-state index is 0.192. The Morgan fingerprint density at radius 2 is 2.10 bits per heavy atom. The molecule has 0 aliphatic heterocycles. The summed E-state index contributed by atoms with van der Waals surface area (Å²) in [4.78, 5) is 6.92. The Labute approximate surface area is 128 Å². The van der Waals surface area contributed by atoms with Crippen molar-refractivity contribution in [3.8, 4) is 0 Å². The normalized spacial score (nSPS) is 16.1. The Morgan fingerprint density at radius 1 is 1.29 bits per heavy atom. The number of rotatable bonds is 8. The van der Waals surface area contributed by atoms with E-state index in [9.17, 15) is 5.11 Å². The van der Waals surface area contributed by atoms with Crippen molar-refractivity contribution in [1.82, 2.24) is 10.3 Å². The first-order chi connectivity index (χ1) is 10.3. The predicted octanol–water partition coefficient (Wildman–Crippen LogP) is 2.71. The van der Waals surface area contributed by atoms with E-state index in [1.807, 2.05) is 6.20 Å². The number of pyridine rings is 1. The van der Waals surface area contributed by atoms with E-state index in [0.29, 0.717) is 12.6 Å². The summed E-state index contributed by atoms with van der Waals surface area (Å²) in [7, 11) is 0. The fourth-order valence-electron chi connectivity index (χ4n) is 3.09. The fraction of sp³-hybridized carbons (Fsp3) is 0.706. The van der Waals surface area contributed by atoms with E-state index in [2.05, 4.69) is 34.3 Å². The first-order valence-electron chi connectivity index (χ1n) is 8.38. The summed E-state index contributed by atoms with van der Waals surface area (Å²) >= 11 is 0. The van der Waals surface area contributed by atoms with Crippen LogP contribution in [0.2, 0.25) is 0 Å². The molecular weight excluding hydrogens is 262 g/mol. The average Bonchev–Trinajstić information content (AvgIpc) is 2.54. The lowest BCUT2D eigenvalue weighted by atomic mass is 9.94. The summed E-state index contributed by atoms with van der Waals surface area (Å²) in [5.41, 5.74) is 1.22. The third-order valence-electron chi connectivity index (χ3n) is 4.22. The van der Waals surface area contributed by atoms with E-state index in [0.717, 1.165) is 25.3 Å². The molecule has 1 fully saturated rings. The smallest absolute Gasteiger partial charge is 0.128 e. The highest BCUT2D eigenvalue weighted by Crippen LogP contribution is 2.26. The molecule has 4 heteroatoms. The molecule has 1 aromatic heterocycles. The van der Waals surface area contributed by atoms with Crippen molar-refractivity contribution in [2.45, 2.75) is 58.0 Å². The maximum absolute atomic E-state index is 9.35. The van der Waals surface area contributed by atoms with E-state index >= 15 is 0 Å². The Balaban J connectivity index is 1.98. The van der Waals surface area contributed by atoms with Crippen molar-refractivity contribution in [3.63, 3.8) is 0 Å². The lowest BCUT2D eigenvalue weighted by molar-refractivity contribution is 0.289. The molecule has 0 spiro atoms. The van der Waals surface area contributed by atoms with Gasteiger partial charge in [-0.2, -0.15) is 0 Å². The molecule has 0 atom stereocenters. The molecule has 1 heterocycles. The summed E-state index contributed by atoms with van der Waals surface area (Å²) in [5.74, 6) is 1.01. The van der Waals surface area contributed by atoms with Gasteiger partial charge in [-0.3, -0.25) is 0 Å². The molecule has 2 rings (SSSR count). The van der Waals surface area contributed by atoms with Crippen LogP contribution < -0.4 is 10.2 Å². The number of hydrogen-bond donors (Lipinski definition) is 2. The van der Waals surface area contributed by atoms with E-state index < -0.39 is 0 Å². The molecule has 21 heavy (non-hydrogen) atoms. The highest BCUT2D eigenvalue weighted by atomic mass is 16.3. The summed E-state index contributed by atoms with van der Waals surface area (Å²) in [5, 5.41) is 12.7. The van der Waals surface area contributed by atoms with E-state index in [1.165, 1.54) is 37.7 Å². The first-order valence-corrected chi connectivity index (χ1v) is 8.38. The summed E-state index contributed by atoms with van der Waals surface area (Å²) in [6.07, 6.45) is 9.50. The lowest BCUT2D eigenvalue weighted by Gasteiger charge is -2.35. The first kappa shape index (κ1) is 16.2. The largest absolute Gasteiger partial charge is 0.395 e. The molecule has 1 aromatic rings. The third kappa shape index (κ3) is 4.97. The van der Waals surface area contributed by atoms with Gasteiger partial charge in [0.05, 0.1) is 6.61 Å². The van der Waals surface area contributed by atoms with Crippen LogP contribution in [-0.4, -0.2) is 35.8 Å². The molecular formula is C17H29N3O. The monoisotopic (exact) mass is 291 g/mol. The second kappa shape index (κ2) is 9.00. The zero-order valence-corrected chi connectivity index (χ0v) is 13.2. The van der Waals surface area contributed by atoms with Gasteiger partial charge >= 0.3 is 0 Å². The third-order valence-corrected chi connectivity index (χ3v) is 4.22. The highest BCUT2D eigenvalue weighted by Gasteiger charge is 2.21. The van der Waals surface area contributed by atoms with Gasteiger partial charge < -0.3 is 15.3 Å². The maximum Gasteiger partial charge on any atom is 0.128 e. The average molecular weight is 291 g/mol. The molecule has 0 bridgehead atoms. The number of nitrogens with one attached hydrogen (secondary N) is 1. The van der Waals surface area contributed by atoms with Crippen molar-refractivity contribution < 1.29 is 5.11 Å². The van der Waals surface area contributed by atoms with Gasteiger partial charge in [0.1, 0.15) is 5.82 Å². The van der Waals surface area contributed by atoms with Crippen molar-refractivity contribution >= 4 is 5.82 Å². The molecule has 2 N–H and O–H groups in total. The molecule has 0 amide bonds. The topological polar surface area (TPSA) is 48.4 Å². The van der Waals surface area contributed by atoms with Crippen LogP contribution >= 0.6 is 0 Å². The quantitative estimate of drug-likeness (QED) is 0.723. The Bertz CT molecular complexity index is 388. The zero-order chi connectivity index (χ0) is 14.9. The van der Waals surface area contributed by atoms with Gasteiger partial charge in [-0.1, -0.05) is 32.3 Å². The molecule has 1 aliphatic carbocycles. The zero-order valence-electron chi connectivity index (χ0n) is 13.2. The highest BCUT2D eigenvalue weighted by molar-refractivity contribution is 5.40. The van der Waals surface area contributed by atoms with Gasteiger partial charge in [0.15, 0.2) is 0 Å². The van der Waals surface area contributed by atoms with Gasteiger partial charge in [0, 0.05) is 25.3 Å². The number of nitrogens with zero attached hydrogens (tertiary/aromatic N) is 2. The van der Waals surface area contributed by atoms with Crippen LogP contribution in [0.15, 0.2) is 18.3 Å². The molecule has 1 aliphatic rings. The van der Waals surface area contributed by atoms with Gasteiger partial charge in [-0.25, -0.2) is 4.98 Å². The van der Waals surface area contributed by atoms with Crippen molar-refractivity contribution in [2.75, 3.05) is 24.6 Å².